The molecule has 1 atom stereocenters. The Hall–Kier alpha value is -1.57. The molecule has 0 saturated heterocycles. The van der Waals surface area contributed by atoms with Crippen LogP contribution in [-0.4, -0.2) is 12.4 Å². The first-order valence-electron chi connectivity index (χ1n) is 13.6. The van der Waals surface area contributed by atoms with Gasteiger partial charge in [-0.2, -0.15) is 0 Å². The predicted molar refractivity (Wildman–Crippen MR) is 135 cm³/mol. The number of hydrogen-bond donors (Lipinski definition) is 0. The molecule has 2 aliphatic carbocycles. The Balaban J connectivity index is 1.70. The van der Waals surface area contributed by atoms with Crippen molar-refractivity contribution < 1.29 is 9.53 Å². The number of benzene rings is 1. The number of unbranched alkanes of at least 4 members (excludes halogenated alkanes) is 2. The second-order valence-electron chi connectivity index (χ2n) is 10.3. The van der Waals surface area contributed by atoms with E-state index in [0.717, 1.165) is 50.9 Å². The molecule has 0 spiro atoms. The fourth-order valence-electron chi connectivity index (χ4n) is 5.89. The average Bonchev–Trinajstić information content (AvgIpc) is 2.85. The number of carbonyl (C=O) groups excluding carboxylic acids is 1. The van der Waals surface area contributed by atoms with Crippen LogP contribution in [0.4, 0.5) is 0 Å². The van der Waals surface area contributed by atoms with Crippen molar-refractivity contribution in [3.05, 3.63) is 41.5 Å². The van der Waals surface area contributed by atoms with E-state index in [1.165, 1.54) is 63.4 Å². The molecular formula is C30H46O2. The lowest BCUT2D eigenvalue weighted by Crippen LogP contribution is -2.33. The smallest absolute Gasteiger partial charge is 0.138 e. The van der Waals surface area contributed by atoms with Crippen LogP contribution in [0.3, 0.4) is 0 Å². The monoisotopic (exact) mass is 438 g/mol. The Morgan fingerprint density at radius 2 is 1.78 bits per heavy atom. The third-order valence-electron chi connectivity index (χ3n) is 7.96. The van der Waals surface area contributed by atoms with E-state index in [2.05, 4.69) is 44.2 Å². The molecule has 0 bridgehead atoms. The summed E-state index contributed by atoms with van der Waals surface area (Å²) in [5.41, 5.74) is 3.02. The molecule has 2 nitrogen and oxygen atoms in total. The summed E-state index contributed by atoms with van der Waals surface area (Å²) in [6.07, 6.45) is 21.3. The highest BCUT2D eigenvalue weighted by Crippen LogP contribution is 2.45. The number of ketones is 1. The zero-order chi connectivity index (χ0) is 22.7. The van der Waals surface area contributed by atoms with E-state index in [0.29, 0.717) is 18.1 Å². The predicted octanol–water partition coefficient (Wildman–Crippen LogP) is 8.94. The number of hydrogen-bond acceptors (Lipinski definition) is 2. The number of Topliss-reactive ketones (excluding diaryl/α,β-unsaturated/α-hetero) is 1. The average molecular weight is 439 g/mol. The molecular weight excluding hydrogens is 392 g/mol. The Kier molecular flexibility index (Phi) is 10.3. The second-order valence-corrected chi connectivity index (χ2v) is 10.3. The van der Waals surface area contributed by atoms with Crippen LogP contribution in [0, 0.1) is 5.41 Å². The van der Waals surface area contributed by atoms with Gasteiger partial charge in [-0.05, 0) is 87.8 Å². The van der Waals surface area contributed by atoms with Gasteiger partial charge in [0.15, 0.2) is 0 Å². The van der Waals surface area contributed by atoms with Crippen molar-refractivity contribution in [2.75, 3.05) is 6.61 Å². The lowest BCUT2D eigenvalue weighted by molar-refractivity contribution is -0.131. The summed E-state index contributed by atoms with van der Waals surface area (Å²) in [6, 6.07) is 8.91. The summed E-state index contributed by atoms with van der Waals surface area (Å²) >= 11 is 0. The van der Waals surface area contributed by atoms with Gasteiger partial charge in [-0.25, -0.2) is 0 Å². The summed E-state index contributed by atoms with van der Waals surface area (Å²) in [6.45, 7) is 5.09. The summed E-state index contributed by atoms with van der Waals surface area (Å²) in [4.78, 5) is 13.0. The highest BCUT2D eigenvalue weighted by molar-refractivity contribution is 5.84. The van der Waals surface area contributed by atoms with Gasteiger partial charge in [-0.3, -0.25) is 4.79 Å². The van der Waals surface area contributed by atoms with Gasteiger partial charge < -0.3 is 4.74 Å². The molecule has 1 unspecified atom stereocenters. The normalized spacial score (nSPS) is 19.2. The first-order valence-corrected chi connectivity index (χ1v) is 13.6. The van der Waals surface area contributed by atoms with Crippen molar-refractivity contribution in [3.8, 4) is 5.75 Å². The molecule has 32 heavy (non-hydrogen) atoms. The Bertz CT molecular complexity index is 709. The van der Waals surface area contributed by atoms with Crippen LogP contribution >= 0.6 is 0 Å². The Labute approximate surface area is 197 Å². The van der Waals surface area contributed by atoms with E-state index in [4.69, 9.17) is 4.74 Å². The molecule has 2 aliphatic rings. The van der Waals surface area contributed by atoms with Crippen molar-refractivity contribution in [1.82, 2.24) is 0 Å². The van der Waals surface area contributed by atoms with Crippen LogP contribution in [0.1, 0.15) is 128 Å². The van der Waals surface area contributed by atoms with Gasteiger partial charge in [0.05, 0.1) is 6.61 Å². The van der Waals surface area contributed by atoms with Gasteiger partial charge in [-0.15, -0.1) is 0 Å². The van der Waals surface area contributed by atoms with Gasteiger partial charge in [0.25, 0.3) is 0 Å². The Morgan fingerprint density at radius 1 is 1.00 bits per heavy atom. The Morgan fingerprint density at radius 3 is 2.44 bits per heavy atom. The largest absolute Gasteiger partial charge is 0.494 e. The van der Waals surface area contributed by atoms with Crippen molar-refractivity contribution >= 4 is 5.78 Å². The van der Waals surface area contributed by atoms with E-state index in [1.807, 2.05) is 0 Å². The maximum absolute atomic E-state index is 13.0. The molecule has 1 aromatic rings. The zero-order valence-electron chi connectivity index (χ0n) is 20.8. The zero-order valence-corrected chi connectivity index (χ0v) is 20.8. The standard InChI is InChI=1S/C30H46O2/c1-3-5-12-23-32-28-17-15-26(16-18-28)27(24-25-13-8-6-9-14-25)19-22-30(29(31)4-2)20-10-7-11-21-30/h13,15-18,27H,3-12,14,19-24H2,1-2H3. The molecule has 1 saturated carbocycles. The van der Waals surface area contributed by atoms with Gasteiger partial charge in [0.2, 0.25) is 0 Å². The minimum Gasteiger partial charge on any atom is -0.494 e. The maximum Gasteiger partial charge on any atom is 0.138 e. The molecule has 0 amide bonds. The molecule has 0 radical (unpaired) electrons. The quantitative estimate of drug-likeness (QED) is 0.227. The van der Waals surface area contributed by atoms with Crippen LogP contribution < -0.4 is 4.74 Å². The minimum atomic E-state index is -0.0471. The van der Waals surface area contributed by atoms with Crippen molar-refractivity contribution in [2.24, 2.45) is 5.41 Å². The lowest BCUT2D eigenvalue weighted by Gasteiger charge is -2.37. The van der Waals surface area contributed by atoms with Crippen LogP contribution in [-0.2, 0) is 4.79 Å². The fourth-order valence-corrected chi connectivity index (χ4v) is 5.89. The van der Waals surface area contributed by atoms with E-state index in [9.17, 15) is 4.79 Å². The lowest BCUT2D eigenvalue weighted by atomic mass is 9.66. The SMILES string of the molecule is CCCCCOc1ccc(C(CCC2(C(=O)CC)CCCCC2)CC2=CCCCC2)cc1. The highest BCUT2D eigenvalue weighted by Gasteiger charge is 2.38. The van der Waals surface area contributed by atoms with E-state index in [-0.39, 0.29) is 5.41 Å². The highest BCUT2D eigenvalue weighted by atomic mass is 16.5. The molecule has 2 heteroatoms. The maximum atomic E-state index is 13.0. The van der Waals surface area contributed by atoms with Crippen molar-refractivity contribution in [3.63, 3.8) is 0 Å². The number of rotatable bonds is 13. The van der Waals surface area contributed by atoms with Gasteiger partial charge in [-0.1, -0.05) is 69.7 Å². The fraction of sp³-hybridized carbons (Fsp3) is 0.700. The second kappa shape index (κ2) is 13.2. The molecule has 1 aromatic carbocycles. The summed E-state index contributed by atoms with van der Waals surface area (Å²) in [5.74, 6) is 2.02. The first kappa shape index (κ1) is 25.1. The molecule has 0 N–H and O–H groups in total. The number of ether oxygens (including phenoxy) is 1. The molecule has 0 aromatic heterocycles. The first-order chi connectivity index (χ1) is 15.7. The summed E-state index contributed by atoms with van der Waals surface area (Å²) in [5, 5.41) is 0. The van der Waals surface area contributed by atoms with Gasteiger partial charge >= 0.3 is 0 Å². The van der Waals surface area contributed by atoms with E-state index < -0.39 is 0 Å². The molecule has 0 heterocycles. The molecule has 0 aliphatic heterocycles. The molecule has 178 valence electrons. The van der Waals surface area contributed by atoms with Crippen LogP contribution in [0.5, 0.6) is 5.75 Å². The van der Waals surface area contributed by atoms with Crippen molar-refractivity contribution in [1.29, 1.82) is 0 Å². The minimum absolute atomic E-state index is 0.0471. The van der Waals surface area contributed by atoms with E-state index in [1.54, 1.807) is 5.57 Å². The van der Waals surface area contributed by atoms with Gasteiger partial charge in [0.1, 0.15) is 11.5 Å². The number of carbonyl (C=O) groups is 1. The van der Waals surface area contributed by atoms with Crippen LogP contribution in [0.15, 0.2) is 35.9 Å². The molecule has 3 rings (SSSR count). The summed E-state index contributed by atoms with van der Waals surface area (Å²) in [7, 11) is 0. The van der Waals surface area contributed by atoms with Gasteiger partial charge in [0, 0.05) is 11.8 Å². The van der Waals surface area contributed by atoms with Crippen molar-refractivity contribution in [2.45, 2.75) is 122 Å². The third kappa shape index (κ3) is 7.22. The van der Waals surface area contributed by atoms with E-state index >= 15 is 0 Å². The third-order valence-corrected chi connectivity index (χ3v) is 7.96. The molecule has 1 fully saturated rings. The topological polar surface area (TPSA) is 26.3 Å². The summed E-state index contributed by atoms with van der Waals surface area (Å²) < 4.78 is 5.95. The van der Waals surface area contributed by atoms with Crippen LogP contribution in [0.2, 0.25) is 0 Å². The van der Waals surface area contributed by atoms with Crippen LogP contribution in [0.25, 0.3) is 0 Å². The number of allylic oxidation sites excluding steroid dienone is 2.